The molecule has 1 heterocycles. The molecule has 0 amide bonds. The molecule has 94 valence electrons. The molecule has 0 radical (unpaired) electrons. The van der Waals surface area contributed by atoms with E-state index in [1.54, 1.807) is 6.20 Å². The van der Waals surface area contributed by atoms with Gasteiger partial charge in [-0.3, -0.25) is 4.98 Å². The first-order valence-corrected chi connectivity index (χ1v) is 6.37. The first kappa shape index (κ1) is 12.8. The zero-order chi connectivity index (χ0) is 13.0. The number of hydrogen-bond donors (Lipinski definition) is 1. The molecule has 0 saturated carbocycles. The summed E-state index contributed by atoms with van der Waals surface area (Å²) in [6.07, 6.45) is 2.98. The van der Waals surface area contributed by atoms with Gasteiger partial charge in [0.2, 0.25) is 0 Å². The average Bonchev–Trinajstić information content (AvgIpc) is 2.39. The lowest BCUT2D eigenvalue weighted by molar-refractivity contribution is 0.178. The minimum absolute atomic E-state index is 0.459. The van der Waals surface area contributed by atoms with E-state index in [1.165, 1.54) is 5.56 Å². The number of aryl methyl sites for hydroxylation is 2. The molecule has 0 spiro atoms. The van der Waals surface area contributed by atoms with E-state index in [0.717, 1.165) is 23.2 Å². The van der Waals surface area contributed by atoms with Gasteiger partial charge in [-0.25, -0.2) is 0 Å². The number of nitrogens with zero attached hydrogens (tertiary/aromatic N) is 1. The topological polar surface area (TPSA) is 33.1 Å². The summed E-state index contributed by atoms with van der Waals surface area (Å²) in [5, 5.41) is 10.2. The van der Waals surface area contributed by atoms with Gasteiger partial charge in [0.05, 0.1) is 6.10 Å². The molecular formula is C16H19NO. The Hall–Kier alpha value is -1.67. The molecule has 1 unspecified atom stereocenters. The first-order chi connectivity index (χ1) is 8.69. The molecule has 0 bridgehead atoms. The van der Waals surface area contributed by atoms with E-state index >= 15 is 0 Å². The van der Waals surface area contributed by atoms with Crippen LogP contribution in [-0.4, -0.2) is 10.1 Å². The molecule has 2 aromatic rings. The van der Waals surface area contributed by atoms with Crippen LogP contribution in [0, 0.1) is 6.92 Å². The van der Waals surface area contributed by atoms with Crippen molar-refractivity contribution in [2.24, 2.45) is 0 Å². The standard InChI is InChI=1S/C16H19NO/c1-3-13-4-6-14(7-5-13)11-16(18)15-8-9-17-12(2)10-15/h4-10,16,18H,3,11H2,1-2H3. The Morgan fingerprint density at radius 2 is 1.78 bits per heavy atom. The van der Waals surface area contributed by atoms with Gasteiger partial charge in [-0.2, -0.15) is 0 Å². The summed E-state index contributed by atoms with van der Waals surface area (Å²) in [7, 11) is 0. The fraction of sp³-hybridized carbons (Fsp3) is 0.312. The average molecular weight is 241 g/mol. The summed E-state index contributed by atoms with van der Waals surface area (Å²) < 4.78 is 0. The zero-order valence-electron chi connectivity index (χ0n) is 10.9. The van der Waals surface area contributed by atoms with Crippen LogP contribution >= 0.6 is 0 Å². The summed E-state index contributed by atoms with van der Waals surface area (Å²) in [5.41, 5.74) is 4.36. The zero-order valence-corrected chi connectivity index (χ0v) is 10.9. The fourth-order valence-electron chi connectivity index (χ4n) is 2.03. The van der Waals surface area contributed by atoms with E-state index < -0.39 is 6.10 Å². The Morgan fingerprint density at radius 3 is 2.39 bits per heavy atom. The fourth-order valence-corrected chi connectivity index (χ4v) is 2.03. The molecule has 0 aliphatic heterocycles. The quantitative estimate of drug-likeness (QED) is 0.891. The van der Waals surface area contributed by atoms with Crippen LogP contribution in [0.5, 0.6) is 0 Å². The normalized spacial score (nSPS) is 12.4. The van der Waals surface area contributed by atoms with Crippen molar-refractivity contribution in [1.82, 2.24) is 4.98 Å². The molecule has 0 aliphatic carbocycles. The predicted molar refractivity (Wildman–Crippen MR) is 73.5 cm³/mol. The maximum Gasteiger partial charge on any atom is 0.0831 e. The minimum atomic E-state index is -0.459. The Labute approximate surface area is 108 Å². The Kier molecular flexibility index (Phi) is 4.11. The smallest absolute Gasteiger partial charge is 0.0831 e. The largest absolute Gasteiger partial charge is 0.388 e. The summed E-state index contributed by atoms with van der Waals surface area (Å²) in [6.45, 7) is 4.08. The van der Waals surface area contributed by atoms with E-state index in [2.05, 4.69) is 36.2 Å². The number of aromatic nitrogens is 1. The second kappa shape index (κ2) is 5.78. The number of aliphatic hydroxyl groups is 1. The Balaban J connectivity index is 2.08. The number of pyridine rings is 1. The second-order valence-electron chi connectivity index (χ2n) is 4.62. The number of hydrogen-bond acceptors (Lipinski definition) is 2. The third-order valence-corrected chi connectivity index (χ3v) is 3.17. The van der Waals surface area contributed by atoms with Crippen molar-refractivity contribution in [1.29, 1.82) is 0 Å². The van der Waals surface area contributed by atoms with E-state index in [9.17, 15) is 5.11 Å². The highest BCUT2D eigenvalue weighted by Crippen LogP contribution is 2.18. The van der Waals surface area contributed by atoms with Gasteiger partial charge in [0.15, 0.2) is 0 Å². The van der Waals surface area contributed by atoms with Crippen LogP contribution in [0.2, 0.25) is 0 Å². The third-order valence-electron chi connectivity index (χ3n) is 3.17. The Morgan fingerprint density at radius 1 is 1.11 bits per heavy atom. The molecule has 0 fully saturated rings. The maximum absolute atomic E-state index is 10.2. The summed E-state index contributed by atoms with van der Waals surface area (Å²) >= 11 is 0. The number of benzene rings is 1. The highest BCUT2D eigenvalue weighted by molar-refractivity contribution is 5.25. The van der Waals surface area contributed by atoms with E-state index in [0.29, 0.717) is 6.42 Å². The molecule has 2 heteroatoms. The molecular weight excluding hydrogens is 222 g/mol. The molecule has 2 nitrogen and oxygen atoms in total. The van der Waals surface area contributed by atoms with Crippen molar-refractivity contribution in [2.75, 3.05) is 0 Å². The van der Waals surface area contributed by atoms with Crippen molar-refractivity contribution in [3.63, 3.8) is 0 Å². The van der Waals surface area contributed by atoms with Crippen molar-refractivity contribution < 1.29 is 5.11 Å². The van der Waals surface area contributed by atoms with Crippen molar-refractivity contribution in [3.05, 3.63) is 65.0 Å². The van der Waals surface area contributed by atoms with Gasteiger partial charge in [0, 0.05) is 18.3 Å². The Bertz CT molecular complexity index is 505. The molecule has 18 heavy (non-hydrogen) atoms. The maximum atomic E-state index is 10.2. The number of rotatable bonds is 4. The van der Waals surface area contributed by atoms with E-state index in [1.807, 2.05) is 19.1 Å². The molecule has 0 aliphatic rings. The highest BCUT2D eigenvalue weighted by atomic mass is 16.3. The molecule has 0 saturated heterocycles. The minimum Gasteiger partial charge on any atom is -0.388 e. The second-order valence-corrected chi connectivity index (χ2v) is 4.62. The van der Waals surface area contributed by atoms with Crippen molar-refractivity contribution in [3.8, 4) is 0 Å². The monoisotopic (exact) mass is 241 g/mol. The van der Waals surface area contributed by atoms with Gasteiger partial charge in [-0.05, 0) is 42.2 Å². The van der Waals surface area contributed by atoms with Crippen molar-refractivity contribution in [2.45, 2.75) is 32.8 Å². The number of aliphatic hydroxyl groups excluding tert-OH is 1. The van der Waals surface area contributed by atoms with Crippen molar-refractivity contribution >= 4 is 0 Å². The van der Waals surface area contributed by atoms with Gasteiger partial charge < -0.3 is 5.11 Å². The summed E-state index contributed by atoms with van der Waals surface area (Å²) in [5.74, 6) is 0. The molecule has 1 aromatic heterocycles. The lowest BCUT2D eigenvalue weighted by Crippen LogP contribution is -2.02. The van der Waals surface area contributed by atoms with Crippen LogP contribution in [0.25, 0.3) is 0 Å². The van der Waals surface area contributed by atoms with E-state index in [4.69, 9.17) is 0 Å². The van der Waals surface area contributed by atoms with Crippen LogP contribution in [0.3, 0.4) is 0 Å². The molecule has 1 N–H and O–H groups in total. The molecule has 1 aromatic carbocycles. The van der Waals surface area contributed by atoms with Gasteiger partial charge >= 0.3 is 0 Å². The van der Waals surface area contributed by atoms with Gasteiger partial charge in [0.25, 0.3) is 0 Å². The molecule has 1 atom stereocenters. The van der Waals surface area contributed by atoms with Crippen LogP contribution in [0.4, 0.5) is 0 Å². The van der Waals surface area contributed by atoms with Crippen LogP contribution in [0.15, 0.2) is 42.6 Å². The lowest BCUT2D eigenvalue weighted by Gasteiger charge is -2.11. The van der Waals surface area contributed by atoms with Gasteiger partial charge in [-0.1, -0.05) is 31.2 Å². The van der Waals surface area contributed by atoms with Crippen LogP contribution in [0.1, 0.15) is 35.4 Å². The van der Waals surface area contributed by atoms with Crippen LogP contribution in [-0.2, 0) is 12.8 Å². The first-order valence-electron chi connectivity index (χ1n) is 6.37. The summed E-state index contributed by atoms with van der Waals surface area (Å²) in [4.78, 5) is 4.14. The molecule has 2 rings (SSSR count). The van der Waals surface area contributed by atoms with E-state index in [-0.39, 0.29) is 0 Å². The van der Waals surface area contributed by atoms with Gasteiger partial charge in [0.1, 0.15) is 0 Å². The highest BCUT2D eigenvalue weighted by Gasteiger charge is 2.08. The van der Waals surface area contributed by atoms with Gasteiger partial charge in [-0.15, -0.1) is 0 Å². The van der Waals surface area contributed by atoms with Crippen LogP contribution < -0.4 is 0 Å². The SMILES string of the molecule is CCc1ccc(CC(O)c2ccnc(C)c2)cc1. The third kappa shape index (κ3) is 3.17. The summed E-state index contributed by atoms with van der Waals surface area (Å²) in [6, 6.07) is 12.2. The predicted octanol–water partition coefficient (Wildman–Crippen LogP) is 3.23. The lowest BCUT2D eigenvalue weighted by atomic mass is 10.0.